The van der Waals surface area contributed by atoms with Crippen molar-refractivity contribution < 1.29 is 45.4 Å². The Morgan fingerprint density at radius 1 is 0.872 bits per heavy atom. The summed E-state index contributed by atoms with van der Waals surface area (Å²) in [4.78, 5) is 26.2. The summed E-state index contributed by atoms with van der Waals surface area (Å²) in [6.45, 7) is 4.73. The van der Waals surface area contributed by atoms with Gasteiger partial charge in [-0.1, -0.05) is 35.9 Å². The predicted octanol–water partition coefficient (Wildman–Crippen LogP) is 10.3. The van der Waals surface area contributed by atoms with E-state index in [1.54, 1.807) is 36.4 Å². The lowest BCUT2D eigenvalue weighted by Crippen LogP contribution is -2.31. The molecule has 1 saturated heterocycles. The molecule has 1 aliphatic rings. The average molecular weight is 676 g/mol. The largest absolute Gasteiger partial charge is 0.496 e. The second-order valence-corrected chi connectivity index (χ2v) is 11.8. The molecule has 0 spiro atoms. The summed E-state index contributed by atoms with van der Waals surface area (Å²) in [5, 5.41) is 0.332. The summed E-state index contributed by atoms with van der Waals surface area (Å²) in [5.41, 5.74) is 1.48. The Balaban J connectivity index is 1.53. The number of Topliss-reactive ketones (excluding diaryl/α,β-unsaturated/α-hetero) is 1. The highest BCUT2D eigenvalue weighted by Crippen LogP contribution is 2.43. The number of alkyl halides is 6. The SMILES string of the molecule is COc1ccc(-c2ccc(C(C)=O)cc2C)cc1-c1ccc(Cl)cc1CN1C(=O)O[C@H](c2cc(C(F)(F)F)cc(C(F)(F)F)c2)[C@@H]1C. The van der Waals surface area contributed by atoms with Gasteiger partial charge in [-0.05, 0) is 103 Å². The van der Waals surface area contributed by atoms with Gasteiger partial charge in [-0.25, -0.2) is 4.79 Å². The molecule has 12 heteroatoms. The average Bonchev–Trinajstić information content (AvgIpc) is 3.28. The van der Waals surface area contributed by atoms with E-state index < -0.39 is 47.3 Å². The Bertz CT molecular complexity index is 1840. The van der Waals surface area contributed by atoms with Gasteiger partial charge in [-0.3, -0.25) is 9.69 Å². The third-order valence-electron chi connectivity index (χ3n) is 8.17. The highest BCUT2D eigenvalue weighted by molar-refractivity contribution is 6.30. The monoisotopic (exact) mass is 675 g/mol. The van der Waals surface area contributed by atoms with Crippen LogP contribution in [-0.2, 0) is 23.6 Å². The van der Waals surface area contributed by atoms with E-state index in [9.17, 15) is 35.9 Å². The molecule has 0 saturated carbocycles. The molecule has 5 rings (SSSR count). The molecule has 47 heavy (non-hydrogen) atoms. The van der Waals surface area contributed by atoms with Crippen molar-refractivity contribution in [2.24, 2.45) is 0 Å². The van der Waals surface area contributed by atoms with Gasteiger partial charge in [-0.2, -0.15) is 26.3 Å². The van der Waals surface area contributed by atoms with E-state index in [1.807, 2.05) is 25.1 Å². The van der Waals surface area contributed by atoms with Crippen LogP contribution in [0.4, 0.5) is 31.1 Å². The van der Waals surface area contributed by atoms with Crippen molar-refractivity contribution in [3.63, 3.8) is 0 Å². The maximum atomic E-state index is 13.6. The second-order valence-electron chi connectivity index (χ2n) is 11.3. The summed E-state index contributed by atoms with van der Waals surface area (Å²) >= 11 is 6.36. The molecule has 0 radical (unpaired) electrons. The number of halogens is 7. The second kappa shape index (κ2) is 12.6. The van der Waals surface area contributed by atoms with Crippen LogP contribution in [0.15, 0.2) is 72.8 Å². The van der Waals surface area contributed by atoms with Crippen LogP contribution in [-0.4, -0.2) is 29.9 Å². The van der Waals surface area contributed by atoms with Crippen molar-refractivity contribution in [3.8, 4) is 28.0 Å². The van der Waals surface area contributed by atoms with E-state index in [2.05, 4.69) is 0 Å². The van der Waals surface area contributed by atoms with Gasteiger partial charge in [0.2, 0.25) is 0 Å². The third kappa shape index (κ3) is 6.95. The van der Waals surface area contributed by atoms with Crippen molar-refractivity contribution >= 4 is 23.5 Å². The van der Waals surface area contributed by atoms with E-state index in [0.717, 1.165) is 16.7 Å². The van der Waals surface area contributed by atoms with Crippen LogP contribution < -0.4 is 4.74 Å². The minimum absolute atomic E-state index is 0.0294. The smallest absolute Gasteiger partial charge is 0.416 e. The fourth-order valence-corrected chi connectivity index (χ4v) is 5.93. The number of rotatable bonds is 7. The molecule has 1 aliphatic heterocycles. The number of amides is 1. The Morgan fingerprint density at radius 3 is 2.09 bits per heavy atom. The number of ketones is 1. The molecule has 246 valence electrons. The van der Waals surface area contributed by atoms with Crippen molar-refractivity contribution in [1.29, 1.82) is 0 Å². The Kier molecular flexibility index (Phi) is 9.07. The highest BCUT2D eigenvalue weighted by Gasteiger charge is 2.43. The van der Waals surface area contributed by atoms with Crippen LogP contribution in [0.3, 0.4) is 0 Å². The topological polar surface area (TPSA) is 55.8 Å². The van der Waals surface area contributed by atoms with E-state index in [0.29, 0.717) is 45.2 Å². The van der Waals surface area contributed by atoms with Gasteiger partial charge in [0, 0.05) is 16.1 Å². The number of nitrogens with zero attached hydrogens (tertiary/aromatic N) is 1. The van der Waals surface area contributed by atoms with Crippen LogP contribution in [0.25, 0.3) is 22.3 Å². The Hall–Kier alpha value is -4.51. The maximum Gasteiger partial charge on any atom is 0.416 e. The molecule has 0 N–H and O–H groups in total. The molecular weight excluding hydrogens is 648 g/mol. The van der Waals surface area contributed by atoms with Crippen molar-refractivity contribution in [2.45, 2.75) is 51.8 Å². The first-order valence-electron chi connectivity index (χ1n) is 14.3. The van der Waals surface area contributed by atoms with Crippen molar-refractivity contribution in [3.05, 3.63) is 111 Å². The van der Waals surface area contributed by atoms with Gasteiger partial charge >= 0.3 is 18.4 Å². The summed E-state index contributed by atoms with van der Waals surface area (Å²) in [7, 11) is 1.50. The number of benzene rings is 4. The van der Waals surface area contributed by atoms with Gasteiger partial charge in [0.15, 0.2) is 5.78 Å². The maximum absolute atomic E-state index is 13.6. The first-order valence-corrected chi connectivity index (χ1v) is 14.7. The minimum atomic E-state index is -5.06. The van der Waals surface area contributed by atoms with Gasteiger partial charge in [-0.15, -0.1) is 0 Å². The molecule has 0 aliphatic carbocycles. The summed E-state index contributed by atoms with van der Waals surface area (Å²) < 4.78 is 92.4. The van der Waals surface area contributed by atoms with Crippen LogP contribution >= 0.6 is 11.6 Å². The molecule has 4 aromatic rings. The first kappa shape index (κ1) is 33.8. The zero-order valence-electron chi connectivity index (χ0n) is 25.5. The number of methoxy groups -OCH3 is 1. The number of aryl methyl sites for hydroxylation is 1. The highest BCUT2D eigenvalue weighted by atomic mass is 35.5. The zero-order valence-corrected chi connectivity index (χ0v) is 26.3. The lowest BCUT2D eigenvalue weighted by molar-refractivity contribution is -0.143. The minimum Gasteiger partial charge on any atom is -0.496 e. The van der Waals surface area contributed by atoms with Crippen LogP contribution in [0.1, 0.15) is 58.1 Å². The van der Waals surface area contributed by atoms with Gasteiger partial charge in [0.25, 0.3) is 0 Å². The number of hydrogen-bond donors (Lipinski definition) is 0. The fraction of sp³-hybridized carbons (Fsp3) is 0.257. The molecule has 5 nitrogen and oxygen atoms in total. The molecule has 0 bridgehead atoms. The molecule has 2 atom stereocenters. The normalized spacial score (nSPS) is 16.7. The van der Waals surface area contributed by atoms with Gasteiger partial charge in [0.05, 0.1) is 30.8 Å². The first-order chi connectivity index (χ1) is 22.0. The van der Waals surface area contributed by atoms with E-state index in [-0.39, 0.29) is 18.4 Å². The zero-order chi connectivity index (χ0) is 34.4. The molecule has 0 aromatic heterocycles. The van der Waals surface area contributed by atoms with Gasteiger partial charge < -0.3 is 9.47 Å². The lowest BCUT2D eigenvalue weighted by atomic mass is 9.92. The summed E-state index contributed by atoms with van der Waals surface area (Å²) in [5.74, 6) is 0.431. The third-order valence-corrected chi connectivity index (χ3v) is 8.41. The number of cyclic esters (lactones) is 1. The molecule has 1 fully saturated rings. The number of carbonyl (C=O) groups excluding carboxylic acids is 2. The number of ether oxygens (including phenoxy) is 2. The van der Waals surface area contributed by atoms with E-state index >= 15 is 0 Å². The molecule has 1 heterocycles. The van der Waals surface area contributed by atoms with Crippen LogP contribution in [0, 0.1) is 6.92 Å². The van der Waals surface area contributed by atoms with Crippen LogP contribution in [0.5, 0.6) is 5.75 Å². The lowest BCUT2D eigenvalue weighted by Gasteiger charge is -2.24. The van der Waals surface area contributed by atoms with Gasteiger partial charge in [0.1, 0.15) is 11.9 Å². The molecule has 0 unspecified atom stereocenters. The number of hydrogen-bond acceptors (Lipinski definition) is 4. The summed E-state index contributed by atoms with van der Waals surface area (Å²) in [6, 6.07) is 16.1. The van der Waals surface area contributed by atoms with E-state index in [4.69, 9.17) is 21.1 Å². The standard InChI is InChI=1S/C35H28ClF6NO4/c1-18-11-21(20(3)44)5-8-28(18)22-6-10-31(46-4)30(15-22)29-9-7-27(36)14-24(29)17-43-19(2)32(47-33(43)45)23-12-25(34(37,38)39)16-26(13-23)35(40,41)42/h5-16,19,32H,17H2,1-4H3/t19-,32-/m0/s1. The summed E-state index contributed by atoms with van der Waals surface area (Å²) in [6.07, 6.45) is -12.4. The Labute approximate surface area is 271 Å². The number of carbonyl (C=O) groups is 2. The van der Waals surface area contributed by atoms with Crippen molar-refractivity contribution in [2.75, 3.05) is 7.11 Å². The van der Waals surface area contributed by atoms with Crippen LogP contribution in [0.2, 0.25) is 5.02 Å². The van der Waals surface area contributed by atoms with E-state index in [1.165, 1.54) is 25.9 Å². The molecule has 1 amide bonds. The molecule has 4 aromatic carbocycles. The fourth-order valence-electron chi connectivity index (χ4n) is 5.73. The van der Waals surface area contributed by atoms with Crippen molar-refractivity contribution in [1.82, 2.24) is 4.90 Å². The molecular formula is C35H28ClF6NO4. The predicted molar refractivity (Wildman–Crippen MR) is 164 cm³/mol. The Morgan fingerprint density at radius 2 is 1.51 bits per heavy atom. The quantitative estimate of drug-likeness (QED) is 0.145.